The summed E-state index contributed by atoms with van der Waals surface area (Å²) < 4.78 is 0. The van der Waals surface area contributed by atoms with Crippen LogP contribution in [0.1, 0.15) is 24.3 Å². The lowest BCUT2D eigenvalue weighted by atomic mass is 10.2. The quantitative estimate of drug-likeness (QED) is 0.586. The van der Waals surface area contributed by atoms with Gasteiger partial charge in [0.15, 0.2) is 0 Å². The third-order valence-corrected chi connectivity index (χ3v) is 4.93. The van der Waals surface area contributed by atoms with Crippen molar-refractivity contribution in [2.75, 3.05) is 17.7 Å². The molecule has 0 saturated carbocycles. The Morgan fingerprint density at radius 2 is 2.05 bits per heavy atom. The Hall–Kier alpha value is -0.970. The Bertz CT molecular complexity index is 467. The molecular weight excluding hydrogens is 274 g/mol. The second-order valence-corrected chi connectivity index (χ2v) is 6.48. The first-order valence-electron chi connectivity index (χ1n) is 6.43. The number of anilines is 1. The SMILES string of the molecule is CC(Nc1ccc(SCCCO)cc1)c1cccs1. The standard InChI is InChI=1S/C15H19NOS2/c1-12(15-4-2-10-19-15)16-13-5-7-14(8-6-13)18-11-3-9-17/h2,4-8,10,12,16-17H,3,9,11H2,1H3. The smallest absolute Gasteiger partial charge is 0.0578 e. The van der Waals surface area contributed by atoms with E-state index in [1.54, 1.807) is 23.1 Å². The van der Waals surface area contributed by atoms with E-state index in [9.17, 15) is 0 Å². The molecular formula is C15H19NOS2. The van der Waals surface area contributed by atoms with Crippen molar-refractivity contribution in [1.29, 1.82) is 0 Å². The lowest BCUT2D eigenvalue weighted by Gasteiger charge is -2.14. The van der Waals surface area contributed by atoms with Crippen molar-refractivity contribution in [3.8, 4) is 0 Å². The van der Waals surface area contributed by atoms with Crippen LogP contribution in [-0.4, -0.2) is 17.5 Å². The number of thiophene rings is 1. The van der Waals surface area contributed by atoms with Gasteiger partial charge in [-0.2, -0.15) is 0 Å². The molecule has 2 nitrogen and oxygen atoms in total. The summed E-state index contributed by atoms with van der Waals surface area (Å²) in [7, 11) is 0. The molecule has 4 heteroatoms. The highest BCUT2D eigenvalue weighted by atomic mass is 32.2. The molecule has 0 aliphatic carbocycles. The minimum Gasteiger partial charge on any atom is -0.396 e. The zero-order valence-corrected chi connectivity index (χ0v) is 12.6. The number of nitrogens with one attached hydrogen (secondary N) is 1. The molecule has 102 valence electrons. The number of hydrogen-bond acceptors (Lipinski definition) is 4. The van der Waals surface area contributed by atoms with Crippen molar-refractivity contribution in [1.82, 2.24) is 0 Å². The number of benzene rings is 1. The van der Waals surface area contributed by atoms with E-state index in [1.165, 1.54) is 9.77 Å². The van der Waals surface area contributed by atoms with Gasteiger partial charge in [-0.05, 0) is 49.1 Å². The molecule has 0 saturated heterocycles. The molecule has 19 heavy (non-hydrogen) atoms. The van der Waals surface area contributed by atoms with Crippen LogP contribution in [-0.2, 0) is 0 Å². The molecule has 0 aliphatic heterocycles. The molecule has 1 atom stereocenters. The van der Waals surface area contributed by atoms with Gasteiger partial charge in [0.05, 0.1) is 6.04 Å². The molecule has 1 heterocycles. The van der Waals surface area contributed by atoms with Crippen LogP contribution in [0, 0.1) is 0 Å². The largest absolute Gasteiger partial charge is 0.396 e. The fourth-order valence-corrected chi connectivity index (χ4v) is 3.33. The molecule has 0 spiro atoms. The molecule has 0 radical (unpaired) electrons. The minimum absolute atomic E-state index is 0.269. The second-order valence-electron chi connectivity index (χ2n) is 4.33. The summed E-state index contributed by atoms with van der Waals surface area (Å²) in [5.41, 5.74) is 1.15. The van der Waals surface area contributed by atoms with E-state index in [0.717, 1.165) is 17.9 Å². The van der Waals surface area contributed by atoms with Crippen molar-refractivity contribution >= 4 is 28.8 Å². The zero-order valence-electron chi connectivity index (χ0n) is 11.0. The number of hydrogen-bond donors (Lipinski definition) is 2. The van der Waals surface area contributed by atoms with Crippen LogP contribution in [0.4, 0.5) is 5.69 Å². The molecule has 0 fully saturated rings. The predicted molar refractivity (Wildman–Crippen MR) is 85.2 cm³/mol. The molecule has 0 bridgehead atoms. The first kappa shape index (κ1) is 14.4. The molecule has 2 rings (SSSR count). The van der Waals surface area contributed by atoms with Crippen molar-refractivity contribution in [2.24, 2.45) is 0 Å². The predicted octanol–water partition coefficient (Wildman–Crippen LogP) is 4.40. The normalized spacial score (nSPS) is 12.3. The Labute approximate surface area is 122 Å². The van der Waals surface area contributed by atoms with Gasteiger partial charge in [-0.3, -0.25) is 0 Å². The van der Waals surface area contributed by atoms with Crippen LogP contribution in [0.3, 0.4) is 0 Å². The summed E-state index contributed by atoms with van der Waals surface area (Å²) in [6, 6.07) is 13.1. The molecule has 0 amide bonds. The molecule has 1 unspecified atom stereocenters. The van der Waals surface area contributed by atoms with Crippen molar-refractivity contribution in [3.63, 3.8) is 0 Å². The van der Waals surface area contributed by atoms with Crippen molar-refractivity contribution in [3.05, 3.63) is 46.7 Å². The van der Waals surface area contributed by atoms with Crippen molar-refractivity contribution in [2.45, 2.75) is 24.3 Å². The summed E-state index contributed by atoms with van der Waals surface area (Å²) in [5.74, 6) is 0.967. The Kier molecular flexibility index (Phi) is 5.76. The summed E-state index contributed by atoms with van der Waals surface area (Å²) in [6.45, 7) is 2.45. The van der Waals surface area contributed by atoms with Crippen molar-refractivity contribution < 1.29 is 5.11 Å². The molecule has 1 aromatic heterocycles. The van der Waals surface area contributed by atoms with Crippen LogP contribution < -0.4 is 5.32 Å². The van der Waals surface area contributed by atoms with E-state index in [2.05, 4.69) is 54.0 Å². The van der Waals surface area contributed by atoms with E-state index >= 15 is 0 Å². The Morgan fingerprint density at radius 3 is 2.68 bits per heavy atom. The summed E-state index contributed by atoms with van der Waals surface area (Å²) in [5, 5.41) is 14.4. The van der Waals surface area contributed by atoms with Gasteiger partial charge in [0.1, 0.15) is 0 Å². The first-order chi connectivity index (χ1) is 9.29. The van der Waals surface area contributed by atoms with E-state index < -0.39 is 0 Å². The number of rotatable bonds is 7. The fraction of sp³-hybridized carbons (Fsp3) is 0.333. The van der Waals surface area contributed by atoms with Crippen LogP contribution in [0.5, 0.6) is 0 Å². The average Bonchev–Trinajstić information content (AvgIpc) is 2.95. The number of aliphatic hydroxyl groups is 1. The van der Waals surface area contributed by atoms with Crippen LogP contribution in [0.2, 0.25) is 0 Å². The fourth-order valence-electron chi connectivity index (χ4n) is 1.76. The highest BCUT2D eigenvalue weighted by Gasteiger charge is 2.05. The zero-order chi connectivity index (χ0) is 13.5. The number of thioether (sulfide) groups is 1. The highest BCUT2D eigenvalue weighted by Crippen LogP contribution is 2.25. The Balaban J connectivity index is 1.88. The lowest BCUT2D eigenvalue weighted by molar-refractivity contribution is 0.296. The summed E-state index contributed by atoms with van der Waals surface area (Å²) in [6.07, 6.45) is 0.847. The van der Waals surface area contributed by atoms with E-state index in [-0.39, 0.29) is 6.61 Å². The van der Waals surface area contributed by atoms with Gasteiger partial charge >= 0.3 is 0 Å². The first-order valence-corrected chi connectivity index (χ1v) is 8.30. The van der Waals surface area contributed by atoms with E-state index in [4.69, 9.17) is 5.11 Å². The second kappa shape index (κ2) is 7.58. The van der Waals surface area contributed by atoms with Gasteiger partial charge in [-0.25, -0.2) is 0 Å². The topological polar surface area (TPSA) is 32.3 Å². The van der Waals surface area contributed by atoms with Gasteiger partial charge in [-0.15, -0.1) is 23.1 Å². The summed E-state index contributed by atoms with van der Waals surface area (Å²) in [4.78, 5) is 2.60. The van der Waals surface area contributed by atoms with E-state index in [0.29, 0.717) is 6.04 Å². The average molecular weight is 293 g/mol. The third-order valence-electron chi connectivity index (χ3n) is 2.78. The van der Waals surface area contributed by atoms with Crippen LogP contribution in [0.25, 0.3) is 0 Å². The maximum Gasteiger partial charge on any atom is 0.0578 e. The van der Waals surface area contributed by atoms with Gasteiger partial charge in [0, 0.05) is 27.8 Å². The molecule has 2 N–H and O–H groups in total. The molecule has 2 aromatic rings. The van der Waals surface area contributed by atoms with Gasteiger partial charge < -0.3 is 10.4 Å². The maximum atomic E-state index is 8.76. The maximum absolute atomic E-state index is 8.76. The number of aliphatic hydroxyl groups excluding tert-OH is 1. The van der Waals surface area contributed by atoms with Gasteiger partial charge in [-0.1, -0.05) is 6.07 Å². The lowest BCUT2D eigenvalue weighted by Crippen LogP contribution is -2.04. The third kappa shape index (κ3) is 4.56. The summed E-state index contributed by atoms with van der Waals surface area (Å²) >= 11 is 3.56. The monoisotopic (exact) mass is 293 g/mol. The molecule has 0 aliphatic rings. The van der Waals surface area contributed by atoms with Crippen LogP contribution in [0.15, 0.2) is 46.7 Å². The minimum atomic E-state index is 0.269. The molecule has 1 aromatic carbocycles. The van der Waals surface area contributed by atoms with Gasteiger partial charge in [0.25, 0.3) is 0 Å². The highest BCUT2D eigenvalue weighted by molar-refractivity contribution is 7.99. The Morgan fingerprint density at radius 1 is 1.26 bits per heavy atom. The van der Waals surface area contributed by atoms with E-state index in [1.807, 2.05) is 0 Å². The van der Waals surface area contributed by atoms with Gasteiger partial charge in [0.2, 0.25) is 0 Å². The van der Waals surface area contributed by atoms with Crippen LogP contribution >= 0.6 is 23.1 Å².